The maximum Gasteiger partial charge on any atom is 0.339 e. The Bertz CT molecular complexity index is 1190. The molecule has 1 fully saturated rings. The Morgan fingerprint density at radius 1 is 1.00 bits per heavy atom. The maximum absolute atomic E-state index is 13.1. The second kappa shape index (κ2) is 11.3. The quantitative estimate of drug-likeness (QED) is 0.344. The molecule has 184 valence electrons. The fourth-order valence-electron chi connectivity index (χ4n) is 4.09. The lowest BCUT2D eigenvalue weighted by molar-refractivity contribution is -0.115. The van der Waals surface area contributed by atoms with Gasteiger partial charge in [0.1, 0.15) is 5.75 Å². The molecular weight excluding hydrogens is 466 g/mol. The molecule has 1 aromatic heterocycles. The fraction of sp³-hybridized carbons (Fsp3) is 0.360. The van der Waals surface area contributed by atoms with E-state index in [2.05, 4.69) is 15.1 Å². The standard InChI is InChI=1S/C25H29N5O4S/c1-28(19-12-6-5-11-18(19)23(32)34-3)22(31)17-35-25-27-26-24(29-15-9-4-10-16-29)30(25)20-13-7-8-14-21(20)33-2/h5-8,11-14H,4,9-10,15-17H2,1-3H3. The van der Waals surface area contributed by atoms with E-state index in [4.69, 9.17) is 9.47 Å². The van der Waals surface area contributed by atoms with Crippen molar-refractivity contribution in [3.8, 4) is 11.4 Å². The summed E-state index contributed by atoms with van der Waals surface area (Å²) in [6.45, 7) is 1.81. The summed E-state index contributed by atoms with van der Waals surface area (Å²) in [7, 11) is 4.60. The number of hydrogen-bond donors (Lipinski definition) is 0. The van der Waals surface area contributed by atoms with Crippen molar-refractivity contribution >= 4 is 35.3 Å². The Balaban J connectivity index is 1.61. The molecule has 0 N–H and O–H groups in total. The maximum atomic E-state index is 13.1. The van der Waals surface area contributed by atoms with Crippen LogP contribution in [-0.4, -0.2) is 66.8 Å². The van der Waals surface area contributed by atoms with E-state index in [1.807, 2.05) is 28.8 Å². The van der Waals surface area contributed by atoms with E-state index < -0.39 is 5.97 Å². The van der Waals surface area contributed by atoms with Crippen LogP contribution < -0.4 is 14.5 Å². The van der Waals surface area contributed by atoms with Crippen LogP contribution >= 0.6 is 11.8 Å². The number of carbonyl (C=O) groups excluding carboxylic acids is 2. The molecule has 2 aromatic carbocycles. The van der Waals surface area contributed by atoms with Crippen molar-refractivity contribution in [2.45, 2.75) is 24.4 Å². The molecule has 0 atom stereocenters. The number of rotatable bonds is 8. The molecule has 4 rings (SSSR count). The average Bonchev–Trinajstić information content (AvgIpc) is 3.35. The van der Waals surface area contributed by atoms with Crippen molar-refractivity contribution in [2.24, 2.45) is 0 Å². The number of benzene rings is 2. The van der Waals surface area contributed by atoms with Gasteiger partial charge in [-0.3, -0.25) is 9.36 Å². The summed E-state index contributed by atoms with van der Waals surface area (Å²) >= 11 is 1.30. The third-order valence-corrected chi connectivity index (χ3v) is 6.86. The zero-order valence-corrected chi connectivity index (χ0v) is 21.0. The van der Waals surface area contributed by atoms with E-state index >= 15 is 0 Å². The fourth-order valence-corrected chi connectivity index (χ4v) is 4.94. The Hall–Kier alpha value is -3.53. The van der Waals surface area contributed by atoms with Gasteiger partial charge in [-0.2, -0.15) is 0 Å². The van der Waals surface area contributed by atoms with E-state index in [1.54, 1.807) is 38.4 Å². The number of piperidine rings is 1. The van der Waals surface area contributed by atoms with Crippen LogP contribution in [0.2, 0.25) is 0 Å². The topological polar surface area (TPSA) is 89.8 Å². The number of para-hydroxylation sites is 3. The molecule has 1 saturated heterocycles. The minimum absolute atomic E-state index is 0.110. The number of aromatic nitrogens is 3. The summed E-state index contributed by atoms with van der Waals surface area (Å²) in [4.78, 5) is 29.0. The number of thioether (sulfide) groups is 1. The van der Waals surface area contributed by atoms with Gasteiger partial charge in [0.05, 0.1) is 36.9 Å². The van der Waals surface area contributed by atoms with Crippen molar-refractivity contribution in [3.63, 3.8) is 0 Å². The average molecular weight is 496 g/mol. The minimum atomic E-state index is -0.491. The first-order chi connectivity index (χ1) is 17.0. The monoisotopic (exact) mass is 495 g/mol. The molecule has 1 aliphatic rings. The number of carbonyl (C=O) groups is 2. The van der Waals surface area contributed by atoms with Gasteiger partial charge in [-0.25, -0.2) is 4.79 Å². The van der Waals surface area contributed by atoms with Gasteiger partial charge in [-0.1, -0.05) is 36.0 Å². The zero-order chi connectivity index (χ0) is 24.8. The second-order valence-corrected chi connectivity index (χ2v) is 9.03. The lowest BCUT2D eigenvalue weighted by Gasteiger charge is -2.28. The third-order valence-electron chi connectivity index (χ3n) is 5.95. The van der Waals surface area contributed by atoms with Gasteiger partial charge in [-0.15, -0.1) is 10.2 Å². The Labute approximate surface area is 209 Å². The summed E-state index contributed by atoms with van der Waals surface area (Å²) < 4.78 is 12.4. The number of anilines is 2. The molecule has 10 heteroatoms. The predicted octanol–water partition coefficient (Wildman–Crippen LogP) is 3.81. The van der Waals surface area contributed by atoms with Gasteiger partial charge in [-0.05, 0) is 43.5 Å². The normalized spacial score (nSPS) is 13.4. The SMILES string of the molecule is COC(=O)c1ccccc1N(C)C(=O)CSc1nnc(N2CCCCC2)n1-c1ccccc1OC. The van der Waals surface area contributed by atoms with Gasteiger partial charge in [0.15, 0.2) is 5.16 Å². The molecule has 0 radical (unpaired) electrons. The van der Waals surface area contributed by atoms with Crippen molar-refractivity contribution < 1.29 is 19.1 Å². The minimum Gasteiger partial charge on any atom is -0.495 e. The summed E-state index contributed by atoms with van der Waals surface area (Å²) in [5.41, 5.74) is 1.64. The molecule has 2 heterocycles. The smallest absolute Gasteiger partial charge is 0.339 e. The van der Waals surface area contributed by atoms with Crippen LogP contribution in [0.15, 0.2) is 53.7 Å². The Morgan fingerprint density at radius 3 is 2.46 bits per heavy atom. The highest BCUT2D eigenvalue weighted by atomic mass is 32.2. The van der Waals surface area contributed by atoms with Crippen molar-refractivity contribution in [1.82, 2.24) is 14.8 Å². The first-order valence-electron chi connectivity index (χ1n) is 11.5. The number of ether oxygens (including phenoxy) is 2. The summed E-state index contributed by atoms with van der Waals surface area (Å²) in [6, 6.07) is 14.6. The van der Waals surface area contributed by atoms with Crippen LogP contribution in [0.1, 0.15) is 29.6 Å². The van der Waals surface area contributed by atoms with Gasteiger partial charge in [0, 0.05) is 20.1 Å². The number of amides is 1. The Morgan fingerprint density at radius 2 is 1.71 bits per heavy atom. The number of esters is 1. The molecule has 0 unspecified atom stereocenters. The highest BCUT2D eigenvalue weighted by Crippen LogP contribution is 2.33. The highest BCUT2D eigenvalue weighted by molar-refractivity contribution is 7.99. The largest absolute Gasteiger partial charge is 0.495 e. The van der Waals surface area contributed by atoms with Crippen LogP contribution in [0.5, 0.6) is 5.75 Å². The first-order valence-corrected chi connectivity index (χ1v) is 12.4. The van der Waals surface area contributed by atoms with Crippen molar-refractivity contribution in [1.29, 1.82) is 0 Å². The molecule has 3 aromatic rings. The summed E-state index contributed by atoms with van der Waals surface area (Å²) in [5.74, 6) is 0.881. The molecule has 9 nitrogen and oxygen atoms in total. The molecule has 35 heavy (non-hydrogen) atoms. The first kappa shape index (κ1) is 24.6. The zero-order valence-electron chi connectivity index (χ0n) is 20.1. The van der Waals surface area contributed by atoms with E-state index in [9.17, 15) is 9.59 Å². The summed E-state index contributed by atoms with van der Waals surface area (Å²) in [5, 5.41) is 9.53. The summed E-state index contributed by atoms with van der Waals surface area (Å²) in [6.07, 6.45) is 3.41. The van der Waals surface area contributed by atoms with E-state index in [1.165, 1.54) is 30.2 Å². The van der Waals surface area contributed by atoms with Crippen LogP contribution in [-0.2, 0) is 9.53 Å². The van der Waals surface area contributed by atoms with Crippen molar-refractivity contribution in [3.05, 3.63) is 54.1 Å². The third kappa shape index (κ3) is 5.27. The lowest BCUT2D eigenvalue weighted by atomic mass is 10.1. The molecular formula is C25H29N5O4S. The molecule has 0 spiro atoms. The molecule has 1 aliphatic heterocycles. The number of nitrogens with zero attached hydrogens (tertiary/aromatic N) is 5. The van der Waals surface area contributed by atoms with Gasteiger partial charge in [0.25, 0.3) is 0 Å². The molecule has 1 amide bonds. The van der Waals surface area contributed by atoms with Gasteiger partial charge in [0.2, 0.25) is 11.9 Å². The van der Waals surface area contributed by atoms with Gasteiger partial charge >= 0.3 is 5.97 Å². The van der Waals surface area contributed by atoms with Crippen LogP contribution in [0.3, 0.4) is 0 Å². The lowest BCUT2D eigenvalue weighted by Crippen LogP contribution is -2.32. The predicted molar refractivity (Wildman–Crippen MR) is 136 cm³/mol. The van der Waals surface area contributed by atoms with E-state index in [-0.39, 0.29) is 11.7 Å². The highest BCUT2D eigenvalue weighted by Gasteiger charge is 2.25. The van der Waals surface area contributed by atoms with Crippen molar-refractivity contribution in [2.75, 3.05) is 49.9 Å². The molecule has 0 saturated carbocycles. The second-order valence-electron chi connectivity index (χ2n) is 8.09. The van der Waals surface area contributed by atoms with E-state index in [0.29, 0.717) is 22.2 Å². The van der Waals surface area contributed by atoms with Gasteiger partial charge < -0.3 is 19.3 Å². The molecule has 0 bridgehead atoms. The Kier molecular flexibility index (Phi) is 7.91. The van der Waals surface area contributed by atoms with Crippen LogP contribution in [0.4, 0.5) is 11.6 Å². The van der Waals surface area contributed by atoms with E-state index in [0.717, 1.165) is 37.6 Å². The number of hydrogen-bond acceptors (Lipinski definition) is 8. The van der Waals surface area contributed by atoms with Crippen LogP contribution in [0.25, 0.3) is 5.69 Å². The number of methoxy groups -OCH3 is 2. The van der Waals surface area contributed by atoms with Crippen LogP contribution in [0, 0.1) is 0 Å². The molecule has 0 aliphatic carbocycles.